The molecule has 1 aliphatic rings. The number of rotatable bonds is 5. The molecule has 0 aromatic carbocycles. The van der Waals surface area contributed by atoms with Gasteiger partial charge >= 0.3 is 6.03 Å². The van der Waals surface area contributed by atoms with Gasteiger partial charge in [0, 0.05) is 6.54 Å². The molecule has 1 atom stereocenters. The Hall–Kier alpha value is -1.46. The highest BCUT2D eigenvalue weighted by atomic mass is 16.4. The van der Waals surface area contributed by atoms with Crippen LogP contribution < -0.4 is 16.4 Å². The zero-order chi connectivity index (χ0) is 11.3. The van der Waals surface area contributed by atoms with Crippen molar-refractivity contribution >= 4 is 11.9 Å². The Morgan fingerprint density at radius 1 is 1.67 bits per heavy atom. The lowest BCUT2D eigenvalue weighted by Crippen LogP contribution is -2.49. The lowest BCUT2D eigenvalue weighted by atomic mass is 10.2. The molecule has 0 aromatic heterocycles. The van der Waals surface area contributed by atoms with E-state index in [-0.39, 0.29) is 17.9 Å². The third-order valence-electron chi connectivity index (χ3n) is 2.35. The highest BCUT2D eigenvalue weighted by Crippen LogP contribution is 2.32. The summed E-state index contributed by atoms with van der Waals surface area (Å²) in [6.07, 6.45) is 2.90. The first-order valence-electron chi connectivity index (χ1n) is 5.20. The van der Waals surface area contributed by atoms with E-state index in [4.69, 9.17) is 10.9 Å². The molecule has 1 rings (SSSR count). The van der Waals surface area contributed by atoms with E-state index in [2.05, 4.69) is 15.8 Å². The number of hydrogen-bond donors (Lipinski definition) is 4. The molecular formula is C9H18N4O2. The van der Waals surface area contributed by atoms with Gasteiger partial charge in [0.15, 0.2) is 5.84 Å². The molecule has 1 unspecified atom stereocenters. The fourth-order valence-corrected chi connectivity index (χ4v) is 1.36. The molecule has 1 fully saturated rings. The van der Waals surface area contributed by atoms with Crippen molar-refractivity contribution in [3.63, 3.8) is 0 Å². The number of amides is 2. The molecule has 0 aromatic rings. The molecule has 0 bridgehead atoms. The second-order valence-corrected chi connectivity index (χ2v) is 3.74. The average molecular weight is 214 g/mol. The molecule has 0 radical (unpaired) electrons. The van der Waals surface area contributed by atoms with Gasteiger partial charge < -0.3 is 21.6 Å². The van der Waals surface area contributed by atoms with E-state index in [1.54, 1.807) is 0 Å². The maximum atomic E-state index is 11.4. The van der Waals surface area contributed by atoms with Crippen molar-refractivity contribution in [1.29, 1.82) is 0 Å². The number of carbonyl (C=O) groups is 1. The van der Waals surface area contributed by atoms with Gasteiger partial charge in [-0.3, -0.25) is 0 Å². The first-order chi connectivity index (χ1) is 7.19. The zero-order valence-electron chi connectivity index (χ0n) is 8.86. The summed E-state index contributed by atoms with van der Waals surface area (Å²) in [7, 11) is 0. The Kier molecular flexibility index (Phi) is 4.20. The molecule has 6 heteroatoms. The Morgan fingerprint density at radius 3 is 2.80 bits per heavy atom. The molecule has 0 spiro atoms. The molecule has 2 amide bonds. The van der Waals surface area contributed by atoms with Gasteiger partial charge in [-0.1, -0.05) is 12.1 Å². The number of amidine groups is 1. The van der Waals surface area contributed by atoms with Crippen LogP contribution in [0.5, 0.6) is 0 Å². The van der Waals surface area contributed by atoms with E-state index in [1.165, 1.54) is 0 Å². The predicted octanol–water partition coefficient (Wildman–Crippen LogP) is 0.221. The molecule has 86 valence electrons. The smallest absolute Gasteiger partial charge is 0.315 e. The standard InChI is InChI=1S/C9H18N4O2/c1-2-5-11-9(14)12-7(6-3-4-6)8(10)13-15/h6-7,15H,2-5H2,1H3,(H2,10,13)(H2,11,12,14). The van der Waals surface area contributed by atoms with Crippen LogP contribution in [-0.4, -0.2) is 29.7 Å². The van der Waals surface area contributed by atoms with E-state index in [0.29, 0.717) is 12.5 Å². The summed E-state index contributed by atoms with van der Waals surface area (Å²) in [6.45, 7) is 2.60. The number of nitrogens with two attached hydrogens (primary N) is 1. The van der Waals surface area contributed by atoms with Gasteiger partial charge in [-0.05, 0) is 25.2 Å². The third-order valence-corrected chi connectivity index (χ3v) is 2.35. The predicted molar refractivity (Wildman–Crippen MR) is 56.7 cm³/mol. The quantitative estimate of drug-likeness (QED) is 0.228. The first kappa shape index (κ1) is 11.6. The second kappa shape index (κ2) is 5.43. The van der Waals surface area contributed by atoms with Gasteiger partial charge in [0.25, 0.3) is 0 Å². The Bertz CT molecular complexity index is 250. The van der Waals surface area contributed by atoms with Gasteiger partial charge in [0.1, 0.15) is 0 Å². The van der Waals surface area contributed by atoms with E-state index >= 15 is 0 Å². The highest BCUT2D eigenvalue weighted by Gasteiger charge is 2.35. The van der Waals surface area contributed by atoms with Gasteiger partial charge in [-0.2, -0.15) is 0 Å². The fraction of sp³-hybridized carbons (Fsp3) is 0.778. The number of carbonyl (C=O) groups excluding carboxylic acids is 1. The molecule has 0 heterocycles. The highest BCUT2D eigenvalue weighted by molar-refractivity contribution is 5.90. The fourth-order valence-electron chi connectivity index (χ4n) is 1.36. The molecular weight excluding hydrogens is 196 g/mol. The summed E-state index contributed by atoms with van der Waals surface area (Å²) in [5.74, 6) is 0.387. The second-order valence-electron chi connectivity index (χ2n) is 3.74. The Labute approximate surface area is 88.9 Å². The first-order valence-corrected chi connectivity index (χ1v) is 5.20. The Balaban J connectivity index is 2.40. The van der Waals surface area contributed by atoms with Crippen LogP contribution in [0.1, 0.15) is 26.2 Å². The minimum absolute atomic E-state index is 0.0733. The van der Waals surface area contributed by atoms with Crippen LogP contribution in [0.15, 0.2) is 5.16 Å². The molecule has 6 nitrogen and oxygen atoms in total. The summed E-state index contributed by atoms with van der Waals surface area (Å²) in [5, 5.41) is 16.9. The number of oxime groups is 1. The number of nitrogens with one attached hydrogen (secondary N) is 2. The molecule has 15 heavy (non-hydrogen) atoms. The van der Waals surface area contributed by atoms with Crippen LogP contribution in [-0.2, 0) is 0 Å². The lowest BCUT2D eigenvalue weighted by Gasteiger charge is -2.16. The van der Waals surface area contributed by atoms with Crippen LogP contribution in [0, 0.1) is 5.92 Å². The number of hydrogen-bond acceptors (Lipinski definition) is 3. The topological polar surface area (TPSA) is 99.7 Å². The summed E-state index contributed by atoms with van der Waals surface area (Å²) in [5.41, 5.74) is 5.49. The van der Waals surface area contributed by atoms with E-state index in [9.17, 15) is 4.79 Å². The van der Waals surface area contributed by atoms with Crippen LogP contribution in [0.4, 0.5) is 4.79 Å². The monoisotopic (exact) mass is 214 g/mol. The van der Waals surface area contributed by atoms with Gasteiger partial charge in [0.05, 0.1) is 6.04 Å². The minimum atomic E-state index is -0.341. The van der Waals surface area contributed by atoms with Crippen molar-refractivity contribution in [2.45, 2.75) is 32.2 Å². The van der Waals surface area contributed by atoms with Crippen LogP contribution in [0.2, 0.25) is 0 Å². The summed E-state index contributed by atoms with van der Waals surface area (Å²) in [6, 6.07) is -0.604. The van der Waals surface area contributed by atoms with Gasteiger partial charge in [0.2, 0.25) is 0 Å². The van der Waals surface area contributed by atoms with Crippen LogP contribution in [0.3, 0.4) is 0 Å². The van der Waals surface area contributed by atoms with Crippen molar-refractivity contribution in [2.75, 3.05) is 6.54 Å². The molecule has 1 aliphatic carbocycles. The summed E-state index contributed by atoms with van der Waals surface area (Å²) >= 11 is 0. The largest absolute Gasteiger partial charge is 0.409 e. The van der Waals surface area contributed by atoms with Gasteiger partial charge in [-0.25, -0.2) is 4.79 Å². The zero-order valence-corrected chi connectivity index (χ0v) is 8.86. The molecule has 0 aliphatic heterocycles. The molecule has 5 N–H and O–H groups in total. The van der Waals surface area contributed by atoms with Crippen molar-refractivity contribution in [3.05, 3.63) is 0 Å². The van der Waals surface area contributed by atoms with Crippen molar-refractivity contribution in [1.82, 2.24) is 10.6 Å². The maximum Gasteiger partial charge on any atom is 0.315 e. The van der Waals surface area contributed by atoms with Crippen molar-refractivity contribution in [2.24, 2.45) is 16.8 Å². The van der Waals surface area contributed by atoms with E-state index in [0.717, 1.165) is 19.3 Å². The van der Waals surface area contributed by atoms with Crippen molar-refractivity contribution < 1.29 is 10.0 Å². The SMILES string of the molecule is CCCNC(=O)NC(C(N)=NO)C1CC1. The summed E-state index contributed by atoms with van der Waals surface area (Å²) < 4.78 is 0. The normalized spacial score (nSPS) is 18.3. The van der Waals surface area contributed by atoms with Crippen LogP contribution in [0.25, 0.3) is 0 Å². The molecule has 1 saturated carbocycles. The maximum absolute atomic E-state index is 11.4. The van der Waals surface area contributed by atoms with Crippen molar-refractivity contribution in [3.8, 4) is 0 Å². The number of nitrogens with zero attached hydrogens (tertiary/aromatic N) is 1. The molecule has 0 saturated heterocycles. The van der Waals surface area contributed by atoms with E-state index < -0.39 is 0 Å². The van der Waals surface area contributed by atoms with Gasteiger partial charge in [-0.15, -0.1) is 0 Å². The lowest BCUT2D eigenvalue weighted by molar-refractivity contribution is 0.238. The number of urea groups is 1. The van der Waals surface area contributed by atoms with Crippen LogP contribution >= 0.6 is 0 Å². The Morgan fingerprint density at radius 2 is 2.33 bits per heavy atom. The minimum Gasteiger partial charge on any atom is -0.409 e. The third kappa shape index (κ3) is 3.65. The van der Waals surface area contributed by atoms with E-state index in [1.807, 2.05) is 6.92 Å². The summed E-state index contributed by atoms with van der Waals surface area (Å²) in [4.78, 5) is 11.4. The average Bonchev–Trinajstić information content (AvgIpc) is 3.05.